The van der Waals surface area contributed by atoms with Crippen molar-refractivity contribution >= 4 is 17.6 Å². The zero-order valence-electron chi connectivity index (χ0n) is 19.5. The molecule has 0 saturated carbocycles. The molecule has 12 heteroatoms. The van der Waals surface area contributed by atoms with Crippen LogP contribution in [0.2, 0.25) is 0 Å². The average Bonchev–Trinajstić information content (AvgIpc) is 3.23. The fraction of sp³-hybridized carbons (Fsp3) is 0.240. The summed E-state index contributed by atoms with van der Waals surface area (Å²) >= 11 is 0. The minimum atomic E-state index is -1.06. The zero-order chi connectivity index (χ0) is 26.7. The van der Waals surface area contributed by atoms with Gasteiger partial charge in [-0.15, -0.1) is 0 Å². The molecule has 2 amide bonds. The molecule has 2 aromatic carbocycles. The molecule has 5 N–H and O–H groups in total. The Bertz CT molecular complexity index is 1360. The van der Waals surface area contributed by atoms with Crippen molar-refractivity contribution in [3.05, 3.63) is 71.6 Å². The molecule has 1 atom stereocenters. The molecular weight excluding hydrogens is 491 g/mol. The van der Waals surface area contributed by atoms with Gasteiger partial charge >= 0.3 is 0 Å². The lowest BCUT2D eigenvalue weighted by Crippen LogP contribution is -2.41. The number of carbonyl (C=O) groups is 2. The Hall–Kier alpha value is -4.32. The topological polar surface area (TPSA) is 137 Å². The molecule has 0 spiro atoms. The van der Waals surface area contributed by atoms with Crippen LogP contribution in [0, 0.1) is 11.6 Å². The summed E-state index contributed by atoms with van der Waals surface area (Å²) in [5.41, 5.74) is 12.5. The summed E-state index contributed by atoms with van der Waals surface area (Å²) in [6.07, 6.45) is 1.89. The number of nitrogens with zero attached hydrogens (tertiary/aromatic N) is 3. The second-order valence-corrected chi connectivity index (χ2v) is 8.40. The first kappa shape index (κ1) is 25.8. The second-order valence-electron chi connectivity index (χ2n) is 8.40. The van der Waals surface area contributed by atoms with Crippen LogP contribution in [0.1, 0.15) is 29.2 Å². The number of halogens is 3. The Morgan fingerprint density at radius 1 is 1.19 bits per heavy atom. The van der Waals surface area contributed by atoms with E-state index in [9.17, 15) is 22.8 Å². The molecule has 1 fully saturated rings. The van der Waals surface area contributed by atoms with E-state index in [0.717, 1.165) is 18.2 Å². The molecule has 9 nitrogen and oxygen atoms in total. The number of anilines is 1. The molecule has 1 aromatic heterocycles. The lowest BCUT2D eigenvalue weighted by molar-refractivity contribution is -0.130. The highest BCUT2D eigenvalue weighted by Crippen LogP contribution is 2.34. The maximum absolute atomic E-state index is 13.9. The number of piperidine rings is 1. The van der Waals surface area contributed by atoms with Gasteiger partial charge in [-0.2, -0.15) is 5.10 Å². The Morgan fingerprint density at radius 3 is 2.57 bits per heavy atom. The number of rotatable bonds is 7. The van der Waals surface area contributed by atoms with Gasteiger partial charge in [-0.3, -0.25) is 9.59 Å². The number of aromatic nitrogens is 2. The summed E-state index contributed by atoms with van der Waals surface area (Å²) in [6, 6.07) is 8.65. The zero-order valence-corrected chi connectivity index (χ0v) is 19.5. The molecule has 194 valence electrons. The summed E-state index contributed by atoms with van der Waals surface area (Å²) in [6.45, 7) is -0.200. The molecular formula is C25H24F3N5O4. The van der Waals surface area contributed by atoms with Gasteiger partial charge in [0.1, 0.15) is 28.6 Å². The van der Waals surface area contributed by atoms with Crippen molar-refractivity contribution in [3.63, 3.8) is 0 Å². The van der Waals surface area contributed by atoms with Gasteiger partial charge in [0.2, 0.25) is 0 Å². The van der Waals surface area contributed by atoms with Crippen molar-refractivity contribution in [2.24, 2.45) is 5.73 Å². The summed E-state index contributed by atoms with van der Waals surface area (Å²) < 4.78 is 47.8. The first-order valence-corrected chi connectivity index (χ1v) is 11.4. The number of nitrogen functional groups attached to an aromatic ring is 1. The van der Waals surface area contributed by atoms with E-state index in [1.165, 1.54) is 21.7 Å². The Kier molecular flexibility index (Phi) is 7.48. The van der Waals surface area contributed by atoms with Crippen molar-refractivity contribution in [1.29, 1.82) is 0 Å². The number of aliphatic hydroxyl groups excluding tert-OH is 1. The molecule has 0 unspecified atom stereocenters. The molecule has 37 heavy (non-hydrogen) atoms. The molecule has 2 heterocycles. The van der Waals surface area contributed by atoms with Crippen LogP contribution in [0.25, 0.3) is 11.3 Å². The van der Waals surface area contributed by atoms with Gasteiger partial charge in [-0.1, -0.05) is 0 Å². The highest BCUT2D eigenvalue weighted by atomic mass is 19.1. The predicted molar refractivity (Wildman–Crippen MR) is 128 cm³/mol. The van der Waals surface area contributed by atoms with E-state index in [4.69, 9.17) is 21.3 Å². The molecule has 1 saturated heterocycles. The third kappa shape index (κ3) is 5.43. The summed E-state index contributed by atoms with van der Waals surface area (Å²) in [7, 11) is 0. The molecule has 3 aromatic rings. The summed E-state index contributed by atoms with van der Waals surface area (Å²) in [5.74, 6) is -4.23. The normalized spacial score (nSPS) is 16.1. The quantitative estimate of drug-likeness (QED) is 0.413. The number of aliphatic hydroxyl groups is 1. The molecule has 0 aliphatic carbocycles. The summed E-state index contributed by atoms with van der Waals surface area (Å²) in [4.78, 5) is 25.9. The minimum Gasteiger partial charge on any atom is -0.454 e. The summed E-state index contributed by atoms with van der Waals surface area (Å²) in [5, 5.41) is 13.4. The van der Waals surface area contributed by atoms with Crippen LogP contribution in [-0.4, -0.2) is 51.3 Å². The van der Waals surface area contributed by atoms with Gasteiger partial charge in [0, 0.05) is 24.7 Å². The van der Waals surface area contributed by atoms with Gasteiger partial charge < -0.3 is 26.2 Å². The van der Waals surface area contributed by atoms with Crippen LogP contribution in [0.15, 0.2) is 54.4 Å². The van der Waals surface area contributed by atoms with E-state index >= 15 is 0 Å². The van der Waals surface area contributed by atoms with Crippen LogP contribution < -0.4 is 16.2 Å². The van der Waals surface area contributed by atoms with Crippen LogP contribution >= 0.6 is 0 Å². The third-order valence-corrected chi connectivity index (χ3v) is 5.95. The Labute approximate surface area is 209 Å². The molecule has 1 aliphatic heterocycles. The van der Waals surface area contributed by atoms with E-state index < -0.39 is 41.9 Å². The number of nitrogens with two attached hydrogens (primary N) is 2. The highest BCUT2D eigenvalue weighted by molar-refractivity contribution is 6.03. The first-order valence-electron chi connectivity index (χ1n) is 11.4. The number of amides is 2. The van der Waals surface area contributed by atoms with Gasteiger partial charge in [-0.05, 0) is 55.3 Å². The van der Waals surface area contributed by atoms with Crippen molar-refractivity contribution < 1.29 is 32.6 Å². The standard InChI is InChI=1S/C25H24F3N5O4/c26-15-5-8-20(19(28)12-15)37-17-6-3-14(4-7-17)22-21(24(30)35)23(29)33(31-22)16-2-1-10-32(13-16)25(36)18(27)9-11-34/h3-9,12,16,34H,1-2,10-11,13,29H2,(H2,30,35)/b18-9+/t16-/m1/s1. The average molecular weight is 515 g/mol. The number of primary amides is 1. The van der Waals surface area contributed by atoms with Crippen molar-refractivity contribution in [3.8, 4) is 22.8 Å². The number of ether oxygens (including phenoxy) is 1. The largest absolute Gasteiger partial charge is 0.454 e. The minimum absolute atomic E-state index is 0.00174. The van der Waals surface area contributed by atoms with Crippen molar-refractivity contribution in [2.45, 2.75) is 18.9 Å². The van der Waals surface area contributed by atoms with Gasteiger partial charge in [0.05, 0.1) is 12.6 Å². The SMILES string of the molecule is NC(=O)c1c(-c2ccc(Oc3ccc(F)cc3F)cc2)nn([C@@H]2CCCN(C(=O)/C(F)=C\CO)C2)c1N. The van der Waals surface area contributed by atoms with E-state index in [1.807, 2.05) is 0 Å². The fourth-order valence-electron chi connectivity index (χ4n) is 4.19. The Morgan fingerprint density at radius 2 is 1.92 bits per heavy atom. The number of hydrogen-bond donors (Lipinski definition) is 3. The van der Waals surface area contributed by atoms with E-state index in [1.54, 1.807) is 12.1 Å². The molecule has 0 bridgehead atoms. The lowest BCUT2D eigenvalue weighted by atomic mass is 10.0. The smallest absolute Gasteiger partial charge is 0.282 e. The van der Waals surface area contributed by atoms with Gasteiger partial charge in [0.25, 0.3) is 11.8 Å². The molecule has 4 rings (SSSR count). The van der Waals surface area contributed by atoms with Crippen molar-refractivity contribution in [2.75, 3.05) is 25.4 Å². The monoisotopic (exact) mass is 515 g/mol. The Balaban J connectivity index is 1.60. The third-order valence-electron chi connectivity index (χ3n) is 5.95. The van der Waals surface area contributed by atoms with Crippen molar-refractivity contribution in [1.82, 2.24) is 14.7 Å². The second kappa shape index (κ2) is 10.7. The van der Waals surface area contributed by atoms with Crippen LogP contribution in [-0.2, 0) is 4.79 Å². The number of benzene rings is 2. The fourth-order valence-corrected chi connectivity index (χ4v) is 4.19. The first-order chi connectivity index (χ1) is 17.7. The van der Waals surface area contributed by atoms with Gasteiger partial charge in [-0.25, -0.2) is 17.9 Å². The highest BCUT2D eigenvalue weighted by Gasteiger charge is 2.31. The van der Waals surface area contributed by atoms with E-state index in [-0.39, 0.29) is 35.1 Å². The van der Waals surface area contributed by atoms with Crippen LogP contribution in [0.3, 0.4) is 0 Å². The van der Waals surface area contributed by atoms with Crippen LogP contribution in [0.4, 0.5) is 19.0 Å². The maximum atomic E-state index is 13.9. The van der Waals surface area contributed by atoms with Gasteiger partial charge in [0.15, 0.2) is 17.4 Å². The lowest BCUT2D eigenvalue weighted by Gasteiger charge is -2.32. The number of likely N-dealkylation sites (tertiary alicyclic amines) is 1. The molecule has 1 aliphatic rings. The van der Waals surface area contributed by atoms with E-state index in [2.05, 4.69) is 5.10 Å². The maximum Gasteiger partial charge on any atom is 0.282 e. The predicted octanol–water partition coefficient (Wildman–Crippen LogP) is 3.31. The molecule has 0 radical (unpaired) electrons. The number of carbonyl (C=O) groups excluding carboxylic acids is 2. The van der Waals surface area contributed by atoms with E-state index in [0.29, 0.717) is 31.0 Å². The number of hydrogen-bond acceptors (Lipinski definition) is 6. The van der Waals surface area contributed by atoms with Crippen LogP contribution in [0.5, 0.6) is 11.5 Å².